The molecular formula is C15H22BrNO. The van der Waals surface area contributed by atoms with Gasteiger partial charge in [0.1, 0.15) is 0 Å². The lowest BCUT2D eigenvalue weighted by Gasteiger charge is -2.36. The minimum atomic E-state index is -0.162. The van der Waals surface area contributed by atoms with Gasteiger partial charge in [0.2, 0.25) is 0 Å². The van der Waals surface area contributed by atoms with Gasteiger partial charge in [-0.15, -0.1) is 0 Å². The third-order valence-electron chi connectivity index (χ3n) is 3.94. The fraction of sp³-hybridized carbons (Fsp3) is 0.600. The van der Waals surface area contributed by atoms with Crippen LogP contribution in [0, 0.1) is 5.92 Å². The van der Waals surface area contributed by atoms with Gasteiger partial charge in [0.05, 0.1) is 6.10 Å². The molecule has 3 unspecified atom stereocenters. The smallest absolute Gasteiger partial charge is 0.0693 e. The SMILES string of the molecule is CC1CCN(CC(CBr)c2ccccc2)CC1O. The fourth-order valence-electron chi connectivity index (χ4n) is 2.56. The van der Waals surface area contributed by atoms with Crippen LogP contribution in [0.3, 0.4) is 0 Å². The third kappa shape index (κ3) is 3.56. The van der Waals surface area contributed by atoms with Crippen LogP contribution < -0.4 is 0 Å². The fourth-order valence-corrected chi connectivity index (χ4v) is 3.14. The molecule has 100 valence electrons. The van der Waals surface area contributed by atoms with Crippen LogP contribution in [0.5, 0.6) is 0 Å². The predicted octanol–water partition coefficient (Wildman–Crippen LogP) is 2.87. The molecule has 0 aromatic heterocycles. The van der Waals surface area contributed by atoms with Crippen molar-refractivity contribution in [1.29, 1.82) is 0 Å². The number of hydrogen-bond donors (Lipinski definition) is 1. The van der Waals surface area contributed by atoms with Crippen molar-refractivity contribution in [2.45, 2.75) is 25.4 Å². The molecule has 0 spiro atoms. The van der Waals surface area contributed by atoms with Crippen molar-refractivity contribution < 1.29 is 5.11 Å². The maximum Gasteiger partial charge on any atom is 0.0693 e. The largest absolute Gasteiger partial charge is 0.392 e. The molecule has 18 heavy (non-hydrogen) atoms. The highest BCUT2D eigenvalue weighted by Gasteiger charge is 2.25. The van der Waals surface area contributed by atoms with Gasteiger partial charge >= 0.3 is 0 Å². The van der Waals surface area contributed by atoms with Gasteiger partial charge in [-0.1, -0.05) is 53.2 Å². The van der Waals surface area contributed by atoms with Crippen LogP contribution in [0.4, 0.5) is 0 Å². The zero-order chi connectivity index (χ0) is 13.0. The van der Waals surface area contributed by atoms with E-state index in [0.717, 1.165) is 31.4 Å². The maximum atomic E-state index is 9.95. The van der Waals surface area contributed by atoms with E-state index in [-0.39, 0.29) is 6.10 Å². The lowest BCUT2D eigenvalue weighted by atomic mass is 9.94. The molecule has 1 aromatic carbocycles. The summed E-state index contributed by atoms with van der Waals surface area (Å²) >= 11 is 3.62. The van der Waals surface area contributed by atoms with Crippen molar-refractivity contribution in [3.63, 3.8) is 0 Å². The monoisotopic (exact) mass is 311 g/mol. The topological polar surface area (TPSA) is 23.5 Å². The summed E-state index contributed by atoms with van der Waals surface area (Å²) in [6.07, 6.45) is 0.941. The third-order valence-corrected chi connectivity index (χ3v) is 4.72. The maximum absolute atomic E-state index is 9.95. The van der Waals surface area contributed by atoms with Crippen molar-refractivity contribution in [1.82, 2.24) is 4.90 Å². The molecule has 0 amide bonds. The van der Waals surface area contributed by atoms with Gasteiger partial charge in [0.15, 0.2) is 0 Å². The molecule has 0 bridgehead atoms. The molecule has 1 aromatic rings. The Morgan fingerprint density at radius 3 is 2.72 bits per heavy atom. The summed E-state index contributed by atoms with van der Waals surface area (Å²) < 4.78 is 0. The van der Waals surface area contributed by atoms with Gasteiger partial charge in [0, 0.05) is 24.3 Å². The van der Waals surface area contributed by atoms with Crippen LogP contribution in [0.2, 0.25) is 0 Å². The number of aliphatic hydroxyl groups is 1. The van der Waals surface area contributed by atoms with Crippen LogP contribution in [-0.4, -0.2) is 41.1 Å². The molecule has 0 radical (unpaired) electrons. The van der Waals surface area contributed by atoms with Crippen LogP contribution in [0.15, 0.2) is 30.3 Å². The van der Waals surface area contributed by atoms with Gasteiger partial charge in [-0.25, -0.2) is 0 Å². The highest BCUT2D eigenvalue weighted by molar-refractivity contribution is 9.09. The Labute approximate surface area is 118 Å². The Morgan fingerprint density at radius 1 is 1.39 bits per heavy atom. The van der Waals surface area contributed by atoms with Crippen molar-refractivity contribution in [3.8, 4) is 0 Å². The molecule has 2 rings (SSSR count). The average molecular weight is 312 g/mol. The van der Waals surface area contributed by atoms with Crippen molar-refractivity contribution in [2.24, 2.45) is 5.92 Å². The second-order valence-electron chi connectivity index (χ2n) is 5.35. The van der Waals surface area contributed by atoms with E-state index in [1.165, 1.54) is 5.56 Å². The minimum absolute atomic E-state index is 0.162. The van der Waals surface area contributed by atoms with Gasteiger partial charge in [-0.2, -0.15) is 0 Å². The second kappa shape index (κ2) is 6.69. The van der Waals surface area contributed by atoms with Crippen molar-refractivity contribution in [3.05, 3.63) is 35.9 Å². The molecule has 1 N–H and O–H groups in total. The normalized spacial score (nSPS) is 27.1. The van der Waals surface area contributed by atoms with E-state index >= 15 is 0 Å². The molecular weight excluding hydrogens is 290 g/mol. The molecule has 0 saturated carbocycles. The van der Waals surface area contributed by atoms with Crippen LogP contribution >= 0.6 is 15.9 Å². The van der Waals surface area contributed by atoms with Crippen LogP contribution in [0.1, 0.15) is 24.8 Å². The summed E-state index contributed by atoms with van der Waals surface area (Å²) in [4.78, 5) is 2.39. The van der Waals surface area contributed by atoms with Gasteiger partial charge in [-0.05, 0) is 24.4 Å². The van der Waals surface area contributed by atoms with E-state index in [1.54, 1.807) is 0 Å². The lowest BCUT2D eigenvalue weighted by molar-refractivity contribution is 0.0276. The highest BCUT2D eigenvalue weighted by Crippen LogP contribution is 2.23. The number of β-amino-alcohol motifs (C(OH)–C–C–N with tert-alkyl or cyclic N) is 1. The number of benzene rings is 1. The number of likely N-dealkylation sites (tertiary alicyclic amines) is 1. The molecule has 0 aliphatic carbocycles. The summed E-state index contributed by atoms with van der Waals surface area (Å²) in [6, 6.07) is 10.6. The zero-order valence-electron chi connectivity index (χ0n) is 10.9. The summed E-state index contributed by atoms with van der Waals surface area (Å²) in [5, 5.41) is 10.9. The molecule has 3 atom stereocenters. The van der Waals surface area contributed by atoms with Crippen LogP contribution in [0.25, 0.3) is 0 Å². The van der Waals surface area contributed by atoms with E-state index in [2.05, 4.69) is 58.1 Å². The highest BCUT2D eigenvalue weighted by atomic mass is 79.9. The number of piperidine rings is 1. The molecule has 1 saturated heterocycles. The van der Waals surface area contributed by atoms with Gasteiger partial charge in [0.25, 0.3) is 0 Å². The molecule has 1 heterocycles. The Balaban J connectivity index is 1.95. The summed E-state index contributed by atoms with van der Waals surface area (Å²) in [5.41, 5.74) is 1.38. The molecule has 1 aliphatic heterocycles. The first-order chi connectivity index (χ1) is 8.70. The first-order valence-corrected chi connectivity index (χ1v) is 7.84. The van der Waals surface area contributed by atoms with Gasteiger partial charge < -0.3 is 10.0 Å². The number of rotatable bonds is 4. The Hall–Kier alpha value is -0.380. The van der Waals surface area contributed by atoms with E-state index in [0.29, 0.717) is 11.8 Å². The number of halogens is 1. The van der Waals surface area contributed by atoms with E-state index in [4.69, 9.17) is 0 Å². The Kier molecular flexibility index (Phi) is 5.22. The number of alkyl halides is 1. The van der Waals surface area contributed by atoms with Gasteiger partial charge in [-0.3, -0.25) is 0 Å². The number of nitrogens with zero attached hydrogens (tertiary/aromatic N) is 1. The van der Waals surface area contributed by atoms with Crippen molar-refractivity contribution >= 4 is 15.9 Å². The van der Waals surface area contributed by atoms with E-state index < -0.39 is 0 Å². The lowest BCUT2D eigenvalue weighted by Crippen LogP contribution is -2.44. The zero-order valence-corrected chi connectivity index (χ0v) is 12.5. The molecule has 3 heteroatoms. The Morgan fingerprint density at radius 2 is 2.11 bits per heavy atom. The molecule has 1 aliphatic rings. The standard InChI is InChI=1S/C15H22BrNO/c1-12-7-8-17(11-15(12)18)10-14(9-16)13-5-3-2-4-6-13/h2-6,12,14-15,18H,7-11H2,1H3. The summed E-state index contributed by atoms with van der Waals surface area (Å²) in [5.74, 6) is 0.951. The van der Waals surface area contributed by atoms with Crippen molar-refractivity contribution in [2.75, 3.05) is 25.0 Å². The number of aliphatic hydroxyl groups excluding tert-OH is 1. The summed E-state index contributed by atoms with van der Waals surface area (Å²) in [7, 11) is 0. The second-order valence-corrected chi connectivity index (χ2v) is 6.00. The molecule has 2 nitrogen and oxygen atoms in total. The van der Waals surface area contributed by atoms with E-state index in [1.807, 2.05) is 0 Å². The van der Waals surface area contributed by atoms with Crippen LogP contribution in [-0.2, 0) is 0 Å². The Bertz CT molecular complexity index is 357. The minimum Gasteiger partial charge on any atom is -0.392 e. The van der Waals surface area contributed by atoms with E-state index in [9.17, 15) is 5.11 Å². The quantitative estimate of drug-likeness (QED) is 0.864. The predicted molar refractivity (Wildman–Crippen MR) is 79.2 cm³/mol. The first kappa shape index (κ1) is 14.0. The summed E-state index contributed by atoms with van der Waals surface area (Å²) in [6.45, 7) is 5.09. The average Bonchev–Trinajstić information content (AvgIpc) is 2.41. The number of hydrogen-bond acceptors (Lipinski definition) is 2. The first-order valence-electron chi connectivity index (χ1n) is 6.72. The molecule has 1 fully saturated rings.